The van der Waals surface area contributed by atoms with Gasteiger partial charge in [-0.3, -0.25) is 0 Å². The lowest BCUT2D eigenvalue weighted by Crippen LogP contribution is -1.89. The molecule has 0 radical (unpaired) electrons. The van der Waals surface area contributed by atoms with Crippen LogP contribution in [0.25, 0.3) is 10.8 Å². The minimum absolute atomic E-state index is 0.489. The molecule has 0 atom stereocenters. The van der Waals surface area contributed by atoms with E-state index in [9.17, 15) is 5.11 Å². The van der Waals surface area contributed by atoms with Crippen molar-refractivity contribution in [2.45, 2.75) is 103 Å². The number of hydrogen-bond acceptors (Lipinski definition) is 1. The Morgan fingerprint density at radius 2 is 1.11 bits per heavy atom. The number of unbranched alkanes of at least 4 members (excludes halogenated alkanes) is 13. The van der Waals surface area contributed by atoms with Gasteiger partial charge in [0.05, 0.1) is 0 Å². The molecule has 0 aliphatic carbocycles. The van der Waals surface area contributed by atoms with Crippen molar-refractivity contribution in [2.75, 3.05) is 0 Å². The van der Waals surface area contributed by atoms with Crippen molar-refractivity contribution >= 4 is 10.8 Å². The first-order valence-electron chi connectivity index (χ1n) is 11.5. The average molecular weight is 369 g/mol. The first-order valence-corrected chi connectivity index (χ1v) is 11.5. The van der Waals surface area contributed by atoms with Crippen LogP contribution in [0.2, 0.25) is 0 Å². The highest BCUT2D eigenvalue weighted by Gasteiger charge is 2.05. The Morgan fingerprint density at radius 1 is 0.593 bits per heavy atom. The van der Waals surface area contributed by atoms with Crippen molar-refractivity contribution in [2.24, 2.45) is 0 Å². The van der Waals surface area contributed by atoms with Crippen LogP contribution in [0.3, 0.4) is 0 Å². The van der Waals surface area contributed by atoms with Crippen molar-refractivity contribution in [3.05, 3.63) is 42.0 Å². The van der Waals surface area contributed by atoms with Crippen LogP contribution in [0.4, 0.5) is 0 Å². The average Bonchev–Trinajstić information content (AvgIpc) is 2.70. The molecule has 0 aliphatic rings. The van der Waals surface area contributed by atoms with Gasteiger partial charge in [0.1, 0.15) is 5.75 Å². The molecule has 0 saturated carbocycles. The second-order valence-electron chi connectivity index (χ2n) is 8.14. The molecule has 0 aromatic heterocycles. The fourth-order valence-electron chi connectivity index (χ4n) is 4.01. The second-order valence-corrected chi connectivity index (χ2v) is 8.14. The molecule has 27 heavy (non-hydrogen) atoms. The molecule has 0 saturated heterocycles. The summed E-state index contributed by atoms with van der Waals surface area (Å²) in [5.41, 5.74) is 1.10. The standard InChI is InChI=1S/C26H40O/c1-2-3-4-5-6-7-8-9-10-11-12-13-14-15-19-24-22-21-23-18-16-17-20-25(23)26(24)27/h16-18,20-22,27H,2-15,19H2,1H3. The quantitative estimate of drug-likeness (QED) is 0.312. The Hall–Kier alpha value is -1.50. The summed E-state index contributed by atoms with van der Waals surface area (Å²) in [7, 11) is 0. The fourth-order valence-corrected chi connectivity index (χ4v) is 4.01. The van der Waals surface area contributed by atoms with Gasteiger partial charge in [-0.2, -0.15) is 0 Å². The number of aryl methyl sites for hydroxylation is 1. The van der Waals surface area contributed by atoms with E-state index >= 15 is 0 Å². The van der Waals surface area contributed by atoms with E-state index in [0.717, 1.165) is 22.8 Å². The lowest BCUT2D eigenvalue weighted by Gasteiger charge is -2.08. The molecule has 0 bridgehead atoms. The Balaban J connectivity index is 1.46. The Bertz CT molecular complexity index is 631. The molecule has 0 heterocycles. The first kappa shape index (κ1) is 21.8. The number of fused-ring (bicyclic) bond motifs is 1. The molecular formula is C26H40O. The van der Waals surface area contributed by atoms with Crippen LogP contribution >= 0.6 is 0 Å². The molecular weight excluding hydrogens is 328 g/mol. The van der Waals surface area contributed by atoms with Gasteiger partial charge in [0.25, 0.3) is 0 Å². The minimum atomic E-state index is 0.489. The van der Waals surface area contributed by atoms with Gasteiger partial charge >= 0.3 is 0 Å². The van der Waals surface area contributed by atoms with E-state index in [1.54, 1.807) is 0 Å². The summed E-state index contributed by atoms with van der Waals surface area (Å²) in [6.07, 6.45) is 20.4. The molecule has 0 fully saturated rings. The van der Waals surface area contributed by atoms with Gasteiger partial charge in [0, 0.05) is 5.39 Å². The van der Waals surface area contributed by atoms with Gasteiger partial charge in [0.2, 0.25) is 0 Å². The van der Waals surface area contributed by atoms with E-state index in [0.29, 0.717) is 5.75 Å². The van der Waals surface area contributed by atoms with E-state index < -0.39 is 0 Å². The number of phenols is 1. The molecule has 0 unspecified atom stereocenters. The second kappa shape index (κ2) is 13.6. The molecule has 150 valence electrons. The third-order valence-corrected chi connectivity index (χ3v) is 5.78. The SMILES string of the molecule is CCCCCCCCCCCCCCCCc1ccc2ccccc2c1O. The van der Waals surface area contributed by atoms with E-state index in [4.69, 9.17) is 0 Å². The lowest BCUT2D eigenvalue weighted by molar-refractivity contribution is 0.472. The monoisotopic (exact) mass is 368 g/mol. The highest BCUT2D eigenvalue weighted by molar-refractivity contribution is 5.89. The Labute approximate surface area is 167 Å². The van der Waals surface area contributed by atoms with Crippen molar-refractivity contribution in [3.8, 4) is 5.75 Å². The predicted octanol–water partition coefficient (Wildman–Crippen LogP) is 8.57. The van der Waals surface area contributed by atoms with Crippen molar-refractivity contribution in [3.63, 3.8) is 0 Å². The van der Waals surface area contributed by atoms with Crippen LogP contribution in [-0.4, -0.2) is 5.11 Å². The summed E-state index contributed by atoms with van der Waals surface area (Å²) >= 11 is 0. The zero-order valence-corrected chi connectivity index (χ0v) is 17.5. The maximum Gasteiger partial charge on any atom is 0.126 e. The van der Waals surface area contributed by atoms with Crippen molar-refractivity contribution < 1.29 is 5.11 Å². The van der Waals surface area contributed by atoms with E-state index in [1.807, 2.05) is 18.2 Å². The maximum absolute atomic E-state index is 10.5. The molecule has 1 N–H and O–H groups in total. The van der Waals surface area contributed by atoms with Gasteiger partial charge in [-0.15, -0.1) is 0 Å². The topological polar surface area (TPSA) is 20.2 Å². The van der Waals surface area contributed by atoms with E-state index in [2.05, 4.69) is 25.1 Å². The highest BCUT2D eigenvalue weighted by atomic mass is 16.3. The van der Waals surface area contributed by atoms with Crippen molar-refractivity contribution in [1.29, 1.82) is 0 Å². The molecule has 0 aliphatic heterocycles. The van der Waals surface area contributed by atoms with Crippen LogP contribution in [0.15, 0.2) is 36.4 Å². The maximum atomic E-state index is 10.5. The smallest absolute Gasteiger partial charge is 0.126 e. The fraction of sp³-hybridized carbons (Fsp3) is 0.615. The Kier molecular flexibility index (Phi) is 11.0. The molecule has 2 aromatic carbocycles. The van der Waals surface area contributed by atoms with Gasteiger partial charge in [0.15, 0.2) is 0 Å². The Morgan fingerprint density at radius 3 is 1.70 bits per heavy atom. The molecule has 1 heteroatoms. The van der Waals surface area contributed by atoms with Crippen LogP contribution in [0.1, 0.15) is 102 Å². The summed E-state index contributed by atoms with van der Waals surface area (Å²) in [4.78, 5) is 0. The lowest BCUT2D eigenvalue weighted by atomic mass is 10.00. The summed E-state index contributed by atoms with van der Waals surface area (Å²) < 4.78 is 0. The zero-order chi connectivity index (χ0) is 19.2. The van der Waals surface area contributed by atoms with Gasteiger partial charge in [-0.1, -0.05) is 127 Å². The number of hydrogen-bond donors (Lipinski definition) is 1. The predicted molar refractivity (Wildman–Crippen MR) is 120 cm³/mol. The molecule has 2 aromatic rings. The van der Waals surface area contributed by atoms with Crippen LogP contribution < -0.4 is 0 Å². The number of aromatic hydroxyl groups is 1. The minimum Gasteiger partial charge on any atom is -0.507 e. The van der Waals surface area contributed by atoms with Crippen LogP contribution in [0.5, 0.6) is 5.75 Å². The summed E-state index contributed by atoms with van der Waals surface area (Å²) in [5, 5.41) is 12.6. The third kappa shape index (κ3) is 8.37. The highest BCUT2D eigenvalue weighted by Crippen LogP contribution is 2.29. The molecule has 0 spiro atoms. The van der Waals surface area contributed by atoms with Gasteiger partial charge in [-0.25, -0.2) is 0 Å². The molecule has 2 rings (SSSR count). The zero-order valence-electron chi connectivity index (χ0n) is 17.5. The summed E-state index contributed by atoms with van der Waals surface area (Å²) in [6, 6.07) is 12.3. The molecule has 0 amide bonds. The van der Waals surface area contributed by atoms with Crippen LogP contribution in [-0.2, 0) is 6.42 Å². The van der Waals surface area contributed by atoms with E-state index in [-0.39, 0.29) is 0 Å². The largest absolute Gasteiger partial charge is 0.507 e. The third-order valence-electron chi connectivity index (χ3n) is 5.78. The number of phenolic OH excluding ortho intramolecular Hbond substituents is 1. The first-order chi connectivity index (χ1) is 13.3. The molecule has 1 nitrogen and oxygen atoms in total. The summed E-state index contributed by atoms with van der Waals surface area (Å²) in [6.45, 7) is 2.29. The number of rotatable bonds is 15. The summed E-state index contributed by atoms with van der Waals surface area (Å²) in [5.74, 6) is 0.489. The van der Waals surface area contributed by atoms with Gasteiger partial charge in [-0.05, 0) is 23.8 Å². The van der Waals surface area contributed by atoms with Crippen molar-refractivity contribution in [1.82, 2.24) is 0 Å². The van der Waals surface area contributed by atoms with E-state index in [1.165, 1.54) is 89.9 Å². The number of benzene rings is 2. The van der Waals surface area contributed by atoms with Crippen LogP contribution in [0, 0.1) is 0 Å². The van der Waals surface area contributed by atoms with Gasteiger partial charge < -0.3 is 5.11 Å². The normalized spacial score (nSPS) is 11.3.